The van der Waals surface area contributed by atoms with E-state index in [1.807, 2.05) is 31.2 Å². The zero-order valence-corrected chi connectivity index (χ0v) is 9.38. The Hall–Kier alpha value is -1.15. The van der Waals surface area contributed by atoms with Gasteiger partial charge >= 0.3 is 0 Å². The van der Waals surface area contributed by atoms with E-state index in [1.165, 1.54) is 0 Å². The molecule has 15 heavy (non-hydrogen) atoms. The van der Waals surface area contributed by atoms with Crippen LogP contribution in [0, 0.1) is 6.92 Å². The summed E-state index contributed by atoms with van der Waals surface area (Å²) < 4.78 is 11.1. The number of alkyl halides is 1. The summed E-state index contributed by atoms with van der Waals surface area (Å²) in [5.74, 6) is 2.40. The second kappa shape index (κ2) is 4.58. The summed E-state index contributed by atoms with van der Waals surface area (Å²) in [6.07, 6.45) is 0.856. The summed E-state index contributed by atoms with van der Waals surface area (Å²) in [5, 5.41) is 1.03. The molecule has 0 amide bonds. The number of halogens is 1. The standard InChI is InChI=1S/C12H13ClO2/c1-9-8-10-11(14-7-3-6-13)4-2-5-12(10)15-9/h2,4-5,8H,3,6-7H2,1H3. The van der Waals surface area contributed by atoms with E-state index in [0.717, 1.165) is 28.9 Å². The molecule has 0 aliphatic carbocycles. The van der Waals surface area contributed by atoms with Gasteiger partial charge in [-0.2, -0.15) is 0 Å². The lowest BCUT2D eigenvalue weighted by molar-refractivity contribution is 0.322. The molecule has 80 valence electrons. The molecule has 1 aromatic carbocycles. The number of furan rings is 1. The number of aryl methyl sites for hydroxylation is 1. The Kier molecular flexibility index (Phi) is 3.17. The van der Waals surface area contributed by atoms with Crippen LogP contribution in [0.5, 0.6) is 5.75 Å². The molecule has 2 nitrogen and oxygen atoms in total. The van der Waals surface area contributed by atoms with Gasteiger partial charge in [0.15, 0.2) is 0 Å². The Bertz CT molecular complexity index is 448. The van der Waals surface area contributed by atoms with E-state index in [9.17, 15) is 0 Å². The van der Waals surface area contributed by atoms with Crippen LogP contribution in [0.2, 0.25) is 0 Å². The lowest BCUT2D eigenvalue weighted by Gasteiger charge is -2.04. The predicted octanol–water partition coefficient (Wildman–Crippen LogP) is 3.75. The number of fused-ring (bicyclic) bond motifs is 1. The van der Waals surface area contributed by atoms with Crippen molar-refractivity contribution in [1.82, 2.24) is 0 Å². The summed E-state index contributed by atoms with van der Waals surface area (Å²) in [5.41, 5.74) is 0.871. The molecule has 0 saturated heterocycles. The van der Waals surface area contributed by atoms with E-state index in [4.69, 9.17) is 20.8 Å². The largest absolute Gasteiger partial charge is 0.493 e. The third-order valence-corrected chi connectivity index (χ3v) is 2.45. The molecule has 0 saturated carbocycles. The third kappa shape index (κ3) is 2.26. The minimum Gasteiger partial charge on any atom is -0.493 e. The lowest BCUT2D eigenvalue weighted by atomic mass is 10.2. The maximum atomic E-state index is 5.63. The van der Waals surface area contributed by atoms with Gasteiger partial charge in [0.1, 0.15) is 17.1 Å². The highest BCUT2D eigenvalue weighted by Crippen LogP contribution is 2.28. The van der Waals surface area contributed by atoms with Crippen LogP contribution in [0.25, 0.3) is 11.0 Å². The topological polar surface area (TPSA) is 22.4 Å². The highest BCUT2D eigenvalue weighted by molar-refractivity contribution is 6.17. The molecule has 0 atom stereocenters. The zero-order chi connectivity index (χ0) is 10.7. The number of benzene rings is 1. The lowest BCUT2D eigenvalue weighted by Crippen LogP contribution is -1.97. The molecule has 1 aromatic heterocycles. The maximum Gasteiger partial charge on any atom is 0.137 e. The quantitative estimate of drug-likeness (QED) is 0.583. The van der Waals surface area contributed by atoms with Gasteiger partial charge in [0.2, 0.25) is 0 Å². The van der Waals surface area contributed by atoms with E-state index in [2.05, 4.69) is 0 Å². The summed E-state index contributed by atoms with van der Waals surface area (Å²) >= 11 is 5.59. The van der Waals surface area contributed by atoms with Gasteiger partial charge in [-0.1, -0.05) is 6.07 Å². The van der Waals surface area contributed by atoms with Gasteiger partial charge in [-0.3, -0.25) is 0 Å². The second-order valence-corrected chi connectivity index (χ2v) is 3.79. The summed E-state index contributed by atoms with van der Waals surface area (Å²) in [6, 6.07) is 7.81. The molecule has 0 bridgehead atoms. The van der Waals surface area contributed by atoms with Crippen molar-refractivity contribution in [3.8, 4) is 5.75 Å². The monoisotopic (exact) mass is 224 g/mol. The first-order chi connectivity index (χ1) is 7.31. The molecule has 0 aliphatic rings. The number of hydrogen-bond acceptors (Lipinski definition) is 2. The minimum atomic E-state index is 0.625. The van der Waals surface area contributed by atoms with Crippen LogP contribution in [0.1, 0.15) is 12.2 Å². The molecule has 1 heterocycles. The first-order valence-corrected chi connectivity index (χ1v) is 5.52. The molecule has 0 aliphatic heterocycles. The van der Waals surface area contributed by atoms with E-state index in [-0.39, 0.29) is 0 Å². The number of ether oxygens (including phenoxy) is 1. The van der Waals surface area contributed by atoms with Gasteiger partial charge in [0.05, 0.1) is 12.0 Å². The summed E-state index contributed by atoms with van der Waals surface area (Å²) in [4.78, 5) is 0. The van der Waals surface area contributed by atoms with Gasteiger partial charge < -0.3 is 9.15 Å². The first kappa shape index (κ1) is 10.4. The molecular formula is C12H13ClO2. The molecule has 0 N–H and O–H groups in total. The SMILES string of the molecule is Cc1cc2c(OCCCCl)cccc2o1. The van der Waals surface area contributed by atoms with Crippen molar-refractivity contribution in [3.63, 3.8) is 0 Å². The van der Waals surface area contributed by atoms with Gasteiger partial charge in [-0.25, -0.2) is 0 Å². The Balaban J connectivity index is 2.25. The molecule has 3 heteroatoms. The van der Waals surface area contributed by atoms with Crippen molar-refractivity contribution in [2.75, 3.05) is 12.5 Å². The fourth-order valence-electron chi connectivity index (χ4n) is 1.52. The van der Waals surface area contributed by atoms with Crippen LogP contribution in [-0.2, 0) is 0 Å². The van der Waals surface area contributed by atoms with Crippen LogP contribution in [0.3, 0.4) is 0 Å². The van der Waals surface area contributed by atoms with Gasteiger partial charge in [-0.05, 0) is 31.5 Å². The van der Waals surface area contributed by atoms with Crippen molar-refractivity contribution in [3.05, 3.63) is 30.0 Å². The Labute approximate surface area is 93.8 Å². The highest BCUT2D eigenvalue weighted by Gasteiger charge is 2.05. The third-order valence-electron chi connectivity index (χ3n) is 2.18. The maximum absolute atomic E-state index is 5.63. The second-order valence-electron chi connectivity index (χ2n) is 3.42. The fraction of sp³-hybridized carbons (Fsp3) is 0.333. The average molecular weight is 225 g/mol. The normalized spacial score (nSPS) is 10.8. The van der Waals surface area contributed by atoms with Crippen molar-refractivity contribution >= 4 is 22.6 Å². The van der Waals surface area contributed by atoms with Crippen molar-refractivity contribution in [2.24, 2.45) is 0 Å². The molecule has 2 aromatic rings. The summed E-state index contributed by atoms with van der Waals surface area (Å²) in [6.45, 7) is 2.58. The van der Waals surface area contributed by atoms with Crippen molar-refractivity contribution < 1.29 is 9.15 Å². The average Bonchev–Trinajstić information content (AvgIpc) is 2.59. The van der Waals surface area contributed by atoms with E-state index in [1.54, 1.807) is 0 Å². The summed E-state index contributed by atoms with van der Waals surface area (Å²) in [7, 11) is 0. The smallest absolute Gasteiger partial charge is 0.137 e. The molecular weight excluding hydrogens is 212 g/mol. The first-order valence-electron chi connectivity index (χ1n) is 4.99. The van der Waals surface area contributed by atoms with Crippen molar-refractivity contribution in [1.29, 1.82) is 0 Å². The van der Waals surface area contributed by atoms with Gasteiger partial charge in [0.25, 0.3) is 0 Å². The fourth-order valence-corrected chi connectivity index (χ4v) is 1.63. The van der Waals surface area contributed by atoms with Crippen LogP contribution in [0.15, 0.2) is 28.7 Å². The van der Waals surface area contributed by atoms with Crippen molar-refractivity contribution in [2.45, 2.75) is 13.3 Å². The molecule has 0 fully saturated rings. The Morgan fingerprint density at radius 2 is 2.27 bits per heavy atom. The zero-order valence-electron chi connectivity index (χ0n) is 8.63. The van der Waals surface area contributed by atoms with E-state index in [0.29, 0.717) is 12.5 Å². The Morgan fingerprint density at radius 3 is 3.07 bits per heavy atom. The van der Waals surface area contributed by atoms with Crippen LogP contribution >= 0.6 is 11.6 Å². The van der Waals surface area contributed by atoms with E-state index < -0.39 is 0 Å². The molecule has 0 unspecified atom stereocenters. The molecule has 0 radical (unpaired) electrons. The molecule has 2 rings (SSSR count). The Morgan fingerprint density at radius 1 is 1.40 bits per heavy atom. The van der Waals surface area contributed by atoms with Crippen LogP contribution in [0.4, 0.5) is 0 Å². The predicted molar refractivity (Wildman–Crippen MR) is 61.8 cm³/mol. The van der Waals surface area contributed by atoms with E-state index >= 15 is 0 Å². The van der Waals surface area contributed by atoms with Gasteiger partial charge in [0, 0.05) is 5.88 Å². The van der Waals surface area contributed by atoms with Crippen LogP contribution in [-0.4, -0.2) is 12.5 Å². The highest BCUT2D eigenvalue weighted by atomic mass is 35.5. The van der Waals surface area contributed by atoms with Gasteiger partial charge in [-0.15, -0.1) is 11.6 Å². The molecule has 0 spiro atoms. The van der Waals surface area contributed by atoms with Crippen LogP contribution < -0.4 is 4.74 Å². The number of rotatable bonds is 4. The minimum absolute atomic E-state index is 0.625. The number of hydrogen-bond donors (Lipinski definition) is 0.